The van der Waals surface area contributed by atoms with Crippen LogP contribution in [0.2, 0.25) is 0 Å². The van der Waals surface area contributed by atoms with Gasteiger partial charge in [0.05, 0.1) is 4.90 Å². The average molecular weight is 379 g/mol. The monoisotopic (exact) mass is 379 g/mol. The van der Waals surface area contributed by atoms with Gasteiger partial charge in [-0.1, -0.05) is 59.7 Å². The molecular weight excluding hydrogens is 360 g/mol. The number of hydrogen-bond acceptors (Lipinski definition) is 3. The van der Waals surface area contributed by atoms with Gasteiger partial charge < -0.3 is 10.4 Å². The molecule has 3 aromatic rings. The van der Waals surface area contributed by atoms with E-state index in [2.05, 4.69) is 9.71 Å². The summed E-state index contributed by atoms with van der Waals surface area (Å²) in [6, 6.07) is 20.4. The molecule has 3 aromatic carbocycles. The number of rotatable bonds is 4. The molecule has 0 saturated carbocycles. The molecule has 1 N–H and O–H groups in total. The van der Waals surface area contributed by atoms with Crippen LogP contribution in [0.25, 0.3) is 0 Å². The first kappa shape index (κ1) is 18.7. The highest BCUT2D eigenvalue weighted by Gasteiger charge is 2.15. The molecule has 0 fully saturated rings. The minimum atomic E-state index is -3.89. The van der Waals surface area contributed by atoms with Crippen molar-refractivity contribution < 1.29 is 13.5 Å². The molecule has 0 saturated heterocycles. The molecule has 0 aromatic heterocycles. The summed E-state index contributed by atoms with van der Waals surface area (Å²) >= 11 is 0. The van der Waals surface area contributed by atoms with E-state index >= 15 is 0 Å². The SMILES string of the molecule is Cc1cc(NC(=NS(=O)(=O)c2ccccc2)c2ccccc2)cc(C)c1[O-]. The molecule has 6 heteroatoms. The Morgan fingerprint density at radius 3 is 1.96 bits per heavy atom. The number of aryl methyl sites for hydroxylation is 2. The lowest BCUT2D eigenvalue weighted by Crippen LogP contribution is -2.17. The summed E-state index contributed by atoms with van der Waals surface area (Å²) in [5.41, 5.74) is 2.39. The zero-order valence-electron chi connectivity index (χ0n) is 15.0. The molecule has 0 aliphatic heterocycles. The van der Waals surface area contributed by atoms with Gasteiger partial charge in [-0.15, -0.1) is 10.1 Å². The van der Waals surface area contributed by atoms with E-state index in [4.69, 9.17) is 0 Å². The van der Waals surface area contributed by atoms with Gasteiger partial charge in [0.2, 0.25) is 0 Å². The largest absolute Gasteiger partial charge is 0.872 e. The van der Waals surface area contributed by atoms with Gasteiger partial charge >= 0.3 is 0 Å². The average Bonchev–Trinajstić information content (AvgIpc) is 2.67. The van der Waals surface area contributed by atoms with E-state index < -0.39 is 10.0 Å². The summed E-state index contributed by atoms with van der Waals surface area (Å²) in [7, 11) is -3.89. The standard InChI is InChI=1S/C21H20N2O3S/c1-15-13-18(14-16(2)20(15)24)22-21(17-9-5-3-6-10-17)23-27(25,26)19-11-7-4-8-12-19/h3-14,24H,1-2H3,(H,22,23)/p-1. The lowest BCUT2D eigenvalue weighted by Gasteiger charge is -2.18. The zero-order chi connectivity index (χ0) is 19.4. The van der Waals surface area contributed by atoms with E-state index in [1.54, 1.807) is 68.4 Å². The van der Waals surface area contributed by atoms with Gasteiger partial charge in [0, 0.05) is 11.3 Å². The van der Waals surface area contributed by atoms with Gasteiger partial charge in [0.15, 0.2) is 5.84 Å². The Morgan fingerprint density at radius 1 is 0.889 bits per heavy atom. The maximum Gasteiger partial charge on any atom is 0.284 e. The Labute approximate surface area is 159 Å². The number of sulfonamides is 1. The smallest absolute Gasteiger partial charge is 0.284 e. The van der Waals surface area contributed by atoms with E-state index in [0.717, 1.165) is 0 Å². The van der Waals surface area contributed by atoms with Gasteiger partial charge in [-0.3, -0.25) is 0 Å². The Balaban J connectivity index is 2.08. The van der Waals surface area contributed by atoms with Gasteiger partial charge in [0.25, 0.3) is 10.0 Å². The van der Waals surface area contributed by atoms with E-state index in [1.807, 2.05) is 6.07 Å². The third-order valence-corrected chi connectivity index (χ3v) is 5.31. The summed E-state index contributed by atoms with van der Waals surface area (Å²) in [5.74, 6) is 0.160. The summed E-state index contributed by atoms with van der Waals surface area (Å²) in [4.78, 5) is 0.113. The van der Waals surface area contributed by atoms with Crippen molar-refractivity contribution >= 4 is 21.5 Å². The minimum absolute atomic E-state index is 0.0318. The number of nitrogens with zero attached hydrogens (tertiary/aromatic N) is 1. The van der Waals surface area contributed by atoms with Crippen molar-refractivity contribution in [2.45, 2.75) is 18.7 Å². The fourth-order valence-corrected chi connectivity index (χ4v) is 3.67. The zero-order valence-corrected chi connectivity index (χ0v) is 15.8. The fourth-order valence-electron chi connectivity index (χ4n) is 2.67. The highest BCUT2D eigenvalue weighted by Crippen LogP contribution is 2.24. The summed E-state index contributed by atoms with van der Waals surface area (Å²) in [6.45, 7) is 3.45. The molecule has 0 amide bonds. The number of amidine groups is 1. The first-order valence-corrected chi connectivity index (χ1v) is 9.81. The van der Waals surface area contributed by atoms with Gasteiger partial charge in [-0.25, -0.2) is 0 Å². The van der Waals surface area contributed by atoms with Crippen molar-refractivity contribution in [3.63, 3.8) is 0 Å². The van der Waals surface area contributed by atoms with Gasteiger partial charge in [-0.05, 0) is 38.1 Å². The Bertz CT molecular complexity index is 1050. The molecule has 3 rings (SSSR count). The van der Waals surface area contributed by atoms with Crippen molar-refractivity contribution in [1.82, 2.24) is 0 Å². The third-order valence-electron chi connectivity index (χ3n) is 4.02. The fraction of sp³-hybridized carbons (Fsp3) is 0.0952. The molecule has 0 bridgehead atoms. The molecule has 0 radical (unpaired) electrons. The number of benzene rings is 3. The van der Waals surface area contributed by atoms with Crippen LogP contribution >= 0.6 is 0 Å². The Hall–Kier alpha value is -3.12. The Morgan fingerprint density at radius 2 is 1.41 bits per heavy atom. The molecule has 27 heavy (non-hydrogen) atoms. The van der Waals surface area contributed by atoms with Crippen molar-refractivity contribution in [1.29, 1.82) is 0 Å². The van der Waals surface area contributed by atoms with Crippen LogP contribution in [0.5, 0.6) is 5.75 Å². The maximum atomic E-state index is 12.7. The second-order valence-corrected chi connectivity index (χ2v) is 7.76. The number of hydrogen-bond donors (Lipinski definition) is 1. The van der Waals surface area contributed by atoms with Crippen LogP contribution in [-0.2, 0) is 10.0 Å². The lowest BCUT2D eigenvalue weighted by molar-refractivity contribution is -0.270. The van der Waals surface area contributed by atoms with E-state index in [-0.39, 0.29) is 16.5 Å². The van der Waals surface area contributed by atoms with Crippen LogP contribution < -0.4 is 10.4 Å². The number of nitrogens with one attached hydrogen (secondary N) is 1. The molecule has 0 aliphatic rings. The van der Waals surface area contributed by atoms with Gasteiger partial charge in [-0.2, -0.15) is 8.42 Å². The molecule has 5 nitrogen and oxygen atoms in total. The van der Waals surface area contributed by atoms with Crippen LogP contribution in [-0.4, -0.2) is 14.3 Å². The molecule has 0 heterocycles. The quantitative estimate of drug-likeness (QED) is 0.554. The second kappa shape index (κ2) is 7.63. The third kappa shape index (κ3) is 4.35. The van der Waals surface area contributed by atoms with Crippen molar-refractivity contribution in [2.75, 3.05) is 5.32 Å². The van der Waals surface area contributed by atoms with Crippen LogP contribution in [0.15, 0.2) is 82.1 Å². The normalized spacial score (nSPS) is 12.0. The molecule has 138 valence electrons. The minimum Gasteiger partial charge on any atom is -0.872 e. The van der Waals surface area contributed by atoms with Gasteiger partial charge in [0.1, 0.15) is 0 Å². The lowest BCUT2D eigenvalue weighted by atomic mass is 10.1. The van der Waals surface area contributed by atoms with Crippen molar-refractivity contribution in [3.05, 3.63) is 89.5 Å². The molecule has 0 atom stereocenters. The predicted octanol–water partition coefficient (Wildman–Crippen LogP) is 3.62. The summed E-state index contributed by atoms with van der Waals surface area (Å²) in [5, 5.41) is 15.0. The first-order chi connectivity index (χ1) is 12.9. The number of anilines is 1. The molecule has 0 unspecified atom stereocenters. The molecule has 0 aliphatic carbocycles. The predicted molar refractivity (Wildman–Crippen MR) is 106 cm³/mol. The highest BCUT2D eigenvalue weighted by molar-refractivity contribution is 7.90. The second-order valence-electron chi connectivity index (χ2n) is 6.16. The van der Waals surface area contributed by atoms with Crippen LogP contribution in [0.4, 0.5) is 5.69 Å². The van der Waals surface area contributed by atoms with E-state index in [0.29, 0.717) is 22.4 Å². The highest BCUT2D eigenvalue weighted by atomic mass is 32.2. The van der Waals surface area contributed by atoms with Crippen LogP contribution in [0, 0.1) is 13.8 Å². The van der Waals surface area contributed by atoms with Crippen molar-refractivity contribution in [2.24, 2.45) is 4.40 Å². The van der Waals surface area contributed by atoms with E-state index in [1.165, 1.54) is 12.1 Å². The van der Waals surface area contributed by atoms with Crippen LogP contribution in [0.3, 0.4) is 0 Å². The van der Waals surface area contributed by atoms with E-state index in [9.17, 15) is 13.5 Å². The molecular formula is C21H19N2O3S-. The first-order valence-electron chi connectivity index (χ1n) is 8.37. The maximum absolute atomic E-state index is 12.7. The van der Waals surface area contributed by atoms with Crippen LogP contribution in [0.1, 0.15) is 16.7 Å². The topological polar surface area (TPSA) is 81.6 Å². The molecule has 0 spiro atoms. The summed E-state index contributed by atoms with van der Waals surface area (Å²) in [6.07, 6.45) is 0. The summed E-state index contributed by atoms with van der Waals surface area (Å²) < 4.78 is 29.5. The van der Waals surface area contributed by atoms with Crippen molar-refractivity contribution in [3.8, 4) is 5.75 Å². The Kier molecular flexibility index (Phi) is 5.28.